The summed E-state index contributed by atoms with van der Waals surface area (Å²) in [5.41, 5.74) is 6.58. The minimum absolute atomic E-state index is 0.00556. The van der Waals surface area contributed by atoms with Crippen LogP contribution in [0.15, 0.2) is 35.7 Å². The monoisotopic (exact) mass is 317 g/mol. The summed E-state index contributed by atoms with van der Waals surface area (Å²) < 4.78 is 1.14. The quantitative estimate of drug-likeness (QED) is 0.709. The number of hydrogen-bond donors (Lipinski definition) is 2. The summed E-state index contributed by atoms with van der Waals surface area (Å²) in [5.74, 6) is -0.00556. The molecule has 0 atom stereocenters. The molecule has 2 aromatic heterocycles. The van der Waals surface area contributed by atoms with Gasteiger partial charge in [0.15, 0.2) is 5.13 Å². The second-order valence-corrected chi connectivity index (χ2v) is 6.66. The maximum absolute atomic E-state index is 12.1. The average Bonchev–Trinajstić information content (AvgIpc) is 3.09. The third kappa shape index (κ3) is 3.40. The van der Waals surface area contributed by atoms with E-state index in [-0.39, 0.29) is 5.91 Å². The standard InChI is InChI=1S/C15H15N3OS2/c16-15-18-11(9-20-15)5-3-7-17-14(19)13-8-10-4-1-2-6-12(10)21-13/h1-2,4,6,8-9H,3,5,7H2,(H2,16,18)(H,17,19). The summed E-state index contributed by atoms with van der Waals surface area (Å²) in [7, 11) is 0. The van der Waals surface area contributed by atoms with Gasteiger partial charge in [0.25, 0.3) is 5.91 Å². The SMILES string of the molecule is Nc1nc(CCCNC(=O)c2cc3ccccc3s2)cs1. The van der Waals surface area contributed by atoms with Gasteiger partial charge in [-0.1, -0.05) is 18.2 Å². The number of amides is 1. The van der Waals surface area contributed by atoms with Gasteiger partial charge in [-0.25, -0.2) is 4.98 Å². The topological polar surface area (TPSA) is 68.0 Å². The van der Waals surface area contributed by atoms with Gasteiger partial charge in [0.2, 0.25) is 0 Å². The lowest BCUT2D eigenvalue weighted by Crippen LogP contribution is -2.23. The number of thiophene rings is 1. The molecule has 0 bridgehead atoms. The van der Waals surface area contributed by atoms with E-state index < -0.39 is 0 Å². The van der Waals surface area contributed by atoms with Gasteiger partial charge in [-0.05, 0) is 30.4 Å². The highest BCUT2D eigenvalue weighted by atomic mass is 32.1. The van der Waals surface area contributed by atoms with Crippen molar-refractivity contribution in [2.75, 3.05) is 12.3 Å². The summed E-state index contributed by atoms with van der Waals surface area (Å²) in [5, 5.41) is 6.63. The molecule has 1 aromatic carbocycles. The summed E-state index contributed by atoms with van der Waals surface area (Å²) in [6.07, 6.45) is 1.69. The van der Waals surface area contributed by atoms with E-state index in [1.165, 1.54) is 22.7 Å². The fourth-order valence-corrected chi connectivity index (χ4v) is 3.67. The minimum Gasteiger partial charge on any atom is -0.375 e. The first-order valence-corrected chi connectivity index (χ1v) is 8.38. The van der Waals surface area contributed by atoms with Crippen molar-refractivity contribution in [3.63, 3.8) is 0 Å². The molecule has 2 heterocycles. The van der Waals surface area contributed by atoms with Crippen LogP contribution >= 0.6 is 22.7 Å². The van der Waals surface area contributed by atoms with Gasteiger partial charge in [0, 0.05) is 16.6 Å². The zero-order valence-electron chi connectivity index (χ0n) is 11.3. The zero-order chi connectivity index (χ0) is 14.7. The van der Waals surface area contributed by atoms with E-state index in [1.54, 1.807) is 0 Å². The molecule has 0 radical (unpaired) electrons. The van der Waals surface area contributed by atoms with Crippen LogP contribution < -0.4 is 11.1 Å². The van der Waals surface area contributed by atoms with Crippen molar-refractivity contribution in [2.45, 2.75) is 12.8 Å². The van der Waals surface area contributed by atoms with Gasteiger partial charge in [0.1, 0.15) is 0 Å². The van der Waals surface area contributed by atoms with E-state index in [0.29, 0.717) is 11.7 Å². The van der Waals surface area contributed by atoms with Gasteiger partial charge in [0.05, 0.1) is 10.6 Å². The molecule has 0 aliphatic rings. The number of thiazole rings is 1. The van der Waals surface area contributed by atoms with E-state index >= 15 is 0 Å². The predicted molar refractivity (Wildman–Crippen MR) is 89.0 cm³/mol. The maximum atomic E-state index is 12.1. The minimum atomic E-state index is -0.00556. The molecule has 6 heteroatoms. The van der Waals surface area contributed by atoms with E-state index in [2.05, 4.69) is 10.3 Å². The Hall–Kier alpha value is -1.92. The highest BCUT2D eigenvalue weighted by Crippen LogP contribution is 2.25. The molecule has 21 heavy (non-hydrogen) atoms. The Labute approximate surface area is 130 Å². The Bertz CT molecular complexity index is 730. The lowest BCUT2D eigenvalue weighted by molar-refractivity contribution is 0.0957. The molecule has 0 fully saturated rings. The molecular formula is C15H15N3OS2. The molecule has 1 amide bonds. The van der Waals surface area contributed by atoms with Crippen LogP contribution in [0.25, 0.3) is 10.1 Å². The number of hydrogen-bond acceptors (Lipinski definition) is 5. The van der Waals surface area contributed by atoms with Gasteiger partial charge >= 0.3 is 0 Å². The van der Waals surface area contributed by atoms with Gasteiger partial charge < -0.3 is 11.1 Å². The number of aromatic nitrogens is 1. The van der Waals surface area contributed by atoms with Crippen molar-refractivity contribution in [1.82, 2.24) is 10.3 Å². The largest absolute Gasteiger partial charge is 0.375 e. The van der Waals surface area contributed by atoms with E-state index in [4.69, 9.17) is 5.73 Å². The summed E-state index contributed by atoms with van der Waals surface area (Å²) >= 11 is 2.97. The fourth-order valence-electron chi connectivity index (χ4n) is 2.09. The van der Waals surface area contributed by atoms with Crippen LogP contribution in [-0.2, 0) is 6.42 Å². The maximum Gasteiger partial charge on any atom is 0.261 e. The predicted octanol–water partition coefficient (Wildman–Crippen LogP) is 3.30. The lowest BCUT2D eigenvalue weighted by atomic mass is 10.2. The van der Waals surface area contributed by atoms with Crippen molar-refractivity contribution < 1.29 is 4.79 Å². The summed E-state index contributed by atoms with van der Waals surface area (Å²) in [4.78, 5) is 17.1. The number of benzene rings is 1. The first-order chi connectivity index (χ1) is 10.2. The van der Waals surface area contributed by atoms with E-state index in [1.807, 2.05) is 35.7 Å². The Morgan fingerprint density at radius 2 is 2.19 bits per heavy atom. The second-order valence-electron chi connectivity index (χ2n) is 4.69. The molecular weight excluding hydrogens is 302 g/mol. The second kappa shape index (κ2) is 6.24. The summed E-state index contributed by atoms with van der Waals surface area (Å²) in [6.45, 7) is 0.643. The number of nitrogens with two attached hydrogens (primary N) is 1. The Morgan fingerprint density at radius 1 is 1.33 bits per heavy atom. The van der Waals surface area contributed by atoms with Crippen molar-refractivity contribution in [3.05, 3.63) is 46.3 Å². The highest BCUT2D eigenvalue weighted by molar-refractivity contribution is 7.20. The Balaban J connectivity index is 1.52. The number of fused-ring (bicyclic) bond motifs is 1. The number of carbonyl (C=O) groups excluding carboxylic acids is 1. The van der Waals surface area contributed by atoms with E-state index in [0.717, 1.165) is 33.5 Å². The van der Waals surface area contributed by atoms with Crippen molar-refractivity contribution >= 4 is 43.8 Å². The molecule has 0 spiro atoms. The number of nitrogens with one attached hydrogen (secondary N) is 1. The molecule has 3 aromatic rings. The first-order valence-electron chi connectivity index (χ1n) is 6.69. The molecule has 0 saturated heterocycles. The highest BCUT2D eigenvalue weighted by Gasteiger charge is 2.09. The van der Waals surface area contributed by atoms with E-state index in [9.17, 15) is 4.79 Å². The van der Waals surface area contributed by atoms with Crippen LogP contribution in [0.5, 0.6) is 0 Å². The van der Waals surface area contributed by atoms with Gasteiger partial charge in [-0.15, -0.1) is 22.7 Å². The smallest absolute Gasteiger partial charge is 0.261 e. The molecule has 108 valence electrons. The van der Waals surface area contributed by atoms with Crippen LogP contribution in [0.4, 0.5) is 5.13 Å². The van der Waals surface area contributed by atoms with Crippen molar-refractivity contribution in [1.29, 1.82) is 0 Å². The molecule has 3 N–H and O–H groups in total. The molecule has 0 unspecified atom stereocenters. The number of carbonyl (C=O) groups is 1. The molecule has 0 aliphatic heterocycles. The van der Waals surface area contributed by atoms with Crippen molar-refractivity contribution in [3.8, 4) is 0 Å². The Morgan fingerprint density at radius 3 is 2.95 bits per heavy atom. The normalized spacial score (nSPS) is 10.9. The first kappa shape index (κ1) is 14.0. The van der Waals surface area contributed by atoms with Crippen LogP contribution in [0.3, 0.4) is 0 Å². The van der Waals surface area contributed by atoms with Crippen LogP contribution in [-0.4, -0.2) is 17.4 Å². The number of nitrogens with zero attached hydrogens (tertiary/aromatic N) is 1. The van der Waals surface area contributed by atoms with Crippen LogP contribution in [0.1, 0.15) is 21.8 Å². The van der Waals surface area contributed by atoms with Gasteiger partial charge in [-0.3, -0.25) is 4.79 Å². The molecule has 3 rings (SSSR count). The van der Waals surface area contributed by atoms with Crippen LogP contribution in [0.2, 0.25) is 0 Å². The number of anilines is 1. The van der Waals surface area contributed by atoms with Crippen molar-refractivity contribution in [2.24, 2.45) is 0 Å². The number of rotatable bonds is 5. The lowest BCUT2D eigenvalue weighted by Gasteiger charge is -2.02. The summed E-state index contributed by atoms with van der Waals surface area (Å²) in [6, 6.07) is 9.96. The number of aryl methyl sites for hydroxylation is 1. The molecule has 0 saturated carbocycles. The third-order valence-electron chi connectivity index (χ3n) is 3.11. The zero-order valence-corrected chi connectivity index (χ0v) is 13.0. The average molecular weight is 317 g/mol. The molecule has 4 nitrogen and oxygen atoms in total. The molecule has 0 aliphatic carbocycles. The van der Waals surface area contributed by atoms with Gasteiger partial charge in [-0.2, -0.15) is 0 Å². The fraction of sp³-hybridized carbons (Fsp3) is 0.200. The Kier molecular flexibility index (Phi) is 4.17. The number of nitrogen functional groups attached to an aromatic ring is 1. The van der Waals surface area contributed by atoms with Crippen LogP contribution in [0, 0.1) is 0 Å². The third-order valence-corrected chi connectivity index (χ3v) is 4.95.